The second-order valence-corrected chi connectivity index (χ2v) is 19.7. The summed E-state index contributed by atoms with van der Waals surface area (Å²) in [6.45, 7) is 4.80. The maximum Gasteiger partial charge on any atom is 0.0540 e. The molecule has 4 fully saturated rings. The number of anilines is 3. The summed E-state index contributed by atoms with van der Waals surface area (Å²) < 4.78 is 0. The van der Waals surface area contributed by atoms with Crippen LogP contribution in [-0.4, -0.2) is 0 Å². The minimum Gasteiger partial charge on any atom is -0.310 e. The Morgan fingerprint density at radius 1 is 0.371 bits per heavy atom. The summed E-state index contributed by atoms with van der Waals surface area (Å²) in [6, 6.07) is 71.5. The fraction of sp³-hybridized carbons (Fsp3) is 0.213. The minimum atomic E-state index is -0.125. The van der Waals surface area contributed by atoms with Crippen LogP contribution < -0.4 is 4.90 Å². The number of fused-ring (bicyclic) bond motifs is 6. The Morgan fingerprint density at radius 2 is 0.935 bits per heavy atom. The molecule has 0 heterocycles. The monoisotopic (exact) mass is 797 g/mol. The van der Waals surface area contributed by atoms with E-state index in [1.165, 1.54) is 116 Å². The normalized spacial score (nSPS) is 22.9. The highest BCUT2D eigenvalue weighted by Crippen LogP contribution is 2.70. The molecule has 300 valence electrons. The van der Waals surface area contributed by atoms with Crippen molar-refractivity contribution >= 4 is 17.1 Å². The van der Waals surface area contributed by atoms with E-state index in [1.54, 1.807) is 11.1 Å². The summed E-state index contributed by atoms with van der Waals surface area (Å²) >= 11 is 0. The summed E-state index contributed by atoms with van der Waals surface area (Å²) in [5.41, 5.74) is 22.6. The van der Waals surface area contributed by atoms with Gasteiger partial charge in [-0.2, -0.15) is 0 Å². The molecule has 8 aromatic rings. The fourth-order valence-corrected chi connectivity index (χ4v) is 13.9. The summed E-state index contributed by atoms with van der Waals surface area (Å²) in [7, 11) is 0. The SMILES string of the molecule is CC1(C)c2ccccc2-c2ccc(N(c3ccc4c(c3)-c3c(-c5ccccc5)cccc3C43C4CC5CC(C4)CC3C5)c3ccc(-c4ccccc4)cc3-c3ccccc3)cc21. The molecule has 1 nitrogen and oxygen atoms in total. The van der Waals surface area contributed by atoms with Crippen LogP contribution in [0.1, 0.15) is 68.2 Å². The van der Waals surface area contributed by atoms with Gasteiger partial charge in [-0.15, -0.1) is 0 Å². The van der Waals surface area contributed by atoms with Gasteiger partial charge in [0.2, 0.25) is 0 Å². The molecule has 62 heavy (non-hydrogen) atoms. The van der Waals surface area contributed by atoms with Crippen molar-refractivity contribution in [1.29, 1.82) is 0 Å². The summed E-state index contributed by atoms with van der Waals surface area (Å²) in [6.07, 6.45) is 6.94. The van der Waals surface area contributed by atoms with E-state index in [-0.39, 0.29) is 10.8 Å². The largest absolute Gasteiger partial charge is 0.310 e. The zero-order valence-corrected chi connectivity index (χ0v) is 35.7. The molecule has 0 unspecified atom stereocenters. The quantitative estimate of drug-likeness (QED) is 0.162. The fourth-order valence-electron chi connectivity index (χ4n) is 13.9. The Labute approximate surface area is 366 Å². The third kappa shape index (κ3) is 5.15. The molecule has 0 N–H and O–H groups in total. The van der Waals surface area contributed by atoms with Crippen molar-refractivity contribution in [3.05, 3.63) is 210 Å². The maximum absolute atomic E-state index is 2.60. The predicted octanol–water partition coefficient (Wildman–Crippen LogP) is 16.2. The van der Waals surface area contributed by atoms with Gasteiger partial charge in [0.25, 0.3) is 0 Å². The Hall–Kier alpha value is -6.44. The van der Waals surface area contributed by atoms with Crippen molar-refractivity contribution in [3.8, 4) is 55.6 Å². The average Bonchev–Trinajstić information content (AvgIpc) is 3.74. The molecule has 0 radical (unpaired) electrons. The van der Waals surface area contributed by atoms with Crippen LogP contribution in [0.3, 0.4) is 0 Å². The van der Waals surface area contributed by atoms with Crippen LogP contribution in [0.15, 0.2) is 188 Å². The van der Waals surface area contributed by atoms with Gasteiger partial charge in [0.1, 0.15) is 0 Å². The standard InChI is InChI=1S/C61H51N/c1-60(2)54-23-13-12-21-50(54)51-28-26-48(38-57(51)60)62(58-30-25-44(41-15-6-3-7-16-41)36-52(58)43-19-10-5-11-20-43)47-27-29-55-53(37-47)59-49(42-17-8-4-9-18-42)22-14-24-56(59)61(55)45-32-39-31-40(34-45)35-46(61)33-39/h3-30,36-40,45-46H,31-35H2,1-2H3. The number of rotatable bonds is 6. The summed E-state index contributed by atoms with van der Waals surface area (Å²) in [4.78, 5) is 2.59. The lowest BCUT2D eigenvalue weighted by Gasteiger charge is -2.61. The Bertz CT molecular complexity index is 3020. The van der Waals surface area contributed by atoms with Crippen molar-refractivity contribution in [2.75, 3.05) is 4.90 Å². The third-order valence-electron chi connectivity index (χ3n) is 16.3. The van der Waals surface area contributed by atoms with Crippen LogP contribution in [0.25, 0.3) is 55.6 Å². The highest BCUT2D eigenvalue weighted by Gasteiger charge is 2.62. The lowest BCUT2D eigenvalue weighted by molar-refractivity contribution is -0.0399. The molecule has 8 aromatic carbocycles. The Kier molecular flexibility index (Phi) is 7.91. The van der Waals surface area contributed by atoms with E-state index in [2.05, 4.69) is 207 Å². The van der Waals surface area contributed by atoms with Crippen LogP contribution in [0, 0.1) is 23.7 Å². The smallest absolute Gasteiger partial charge is 0.0540 e. The van der Waals surface area contributed by atoms with Gasteiger partial charge in [-0.3, -0.25) is 0 Å². The van der Waals surface area contributed by atoms with E-state index in [9.17, 15) is 0 Å². The van der Waals surface area contributed by atoms with Crippen LogP contribution in [-0.2, 0) is 10.8 Å². The first-order valence-corrected chi connectivity index (χ1v) is 23.1. The van der Waals surface area contributed by atoms with Crippen molar-refractivity contribution in [2.24, 2.45) is 23.7 Å². The lowest BCUT2D eigenvalue weighted by atomic mass is 9.43. The summed E-state index contributed by atoms with van der Waals surface area (Å²) in [5, 5.41) is 0. The number of hydrogen-bond donors (Lipinski definition) is 0. The van der Waals surface area contributed by atoms with Gasteiger partial charge in [-0.1, -0.05) is 166 Å². The van der Waals surface area contributed by atoms with E-state index in [0.717, 1.165) is 11.8 Å². The van der Waals surface area contributed by atoms with Gasteiger partial charge in [-0.05, 0) is 164 Å². The van der Waals surface area contributed by atoms with Crippen molar-refractivity contribution in [3.63, 3.8) is 0 Å². The van der Waals surface area contributed by atoms with E-state index >= 15 is 0 Å². The van der Waals surface area contributed by atoms with Crippen LogP contribution >= 0.6 is 0 Å². The molecule has 0 aromatic heterocycles. The van der Waals surface area contributed by atoms with Gasteiger partial charge in [0.05, 0.1) is 5.69 Å². The molecule has 1 spiro atoms. The zero-order chi connectivity index (χ0) is 41.2. The average molecular weight is 798 g/mol. The first kappa shape index (κ1) is 36.2. The predicted molar refractivity (Wildman–Crippen MR) is 258 cm³/mol. The van der Waals surface area contributed by atoms with Crippen molar-refractivity contribution in [2.45, 2.75) is 56.8 Å². The Balaban J connectivity index is 1.07. The molecule has 0 amide bonds. The molecule has 4 saturated carbocycles. The molecule has 14 rings (SSSR count). The summed E-state index contributed by atoms with van der Waals surface area (Å²) in [5.74, 6) is 3.19. The van der Waals surface area contributed by atoms with Crippen LogP contribution in [0.2, 0.25) is 0 Å². The first-order valence-electron chi connectivity index (χ1n) is 23.1. The van der Waals surface area contributed by atoms with Gasteiger partial charge in [0, 0.05) is 27.8 Å². The second kappa shape index (κ2) is 13.5. The van der Waals surface area contributed by atoms with Crippen LogP contribution in [0.5, 0.6) is 0 Å². The molecule has 4 bridgehead atoms. The van der Waals surface area contributed by atoms with E-state index in [4.69, 9.17) is 0 Å². The number of hydrogen-bond acceptors (Lipinski definition) is 1. The number of nitrogens with zero attached hydrogens (tertiary/aromatic N) is 1. The Morgan fingerprint density at radius 3 is 1.65 bits per heavy atom. The topological polar surface area (TPSA) is 3.24 Å². The number of benzene rings is 8. The molecule has 1 heteroatoms. The molecular weight excluding hydrogens is 747 g/mol. The van der Waals surface area contributed by atoms with E-state index in [0.29, 0.717) is 11.8 Å². The molecule has 0 aliphatic heterocycles. The molecule has 0 atom stereocenters. The molecule has 0 saturated heterocycles. The lowest BCUT2D eigenvalue weighted by Crippen LogP contribution is -2.55. The van der Waals surface area contributed by atoms with Crippen molar-refractivity contribution < 1.29 is 0 Å². The molecule has 6 aliphatic rings. The third-order valence-corrected chi connectivity index (χ3v) is 16.3. The second-order valence-electron chi connectivity index (χ2n) is 19.7. The molecule has 6 aliphatic carbocycles. The van der Waals surface area contributed by atoms with Gasteiger partial charge in [0.15, 0.2) is 0 Å². The zero-order valence-electron chi connectivity index (χ0n) is 35.7. The van der Waals surface area contributed by atoms with Crippen molar-refractivity contribution in [1.82, 2.24) is 0 Å². The highest BCUT2D eigenvalue weighted by atomic mass is 15.1. The maximum atomic E-state index is 2.60. The van der Waals surface area contributed by atoms with E-state index < -0.39 is 0 Å². The van der Waals surface area contributed by atoms with E-state index in [1.807, 2.05) is 0 Å². The van der Waals surface area contributed by atoms with Gasteiger partial charge in [-0.25, -0.2) is 0 Å². The van der Waals surface area contributed by atoms with Gasteiger partial charge < -0.3 is 4.90 Å². The first-order chi connectivity index (χ1) is 30.5. The molecular formula is C61H51N. The van der Waals surface area contributed by atoms with Gasteiger partial charge >= 0.3 is 0 Å². The highest BCUT2D eigenvalue weighted by molar-refractivity contribution is 5.97. The van der Waals surface area contributed by atoms with Crippen LogP contribution in [0.4, 0.5) is 17.1 Å². The minimum absolute atomic E-state index is 0.0716.